The van der Waals surface area contributed by atoms with E-state index in [1.165, 1.54) is 33.0 Å². The summed E-state index contributed by atoms with van der Waals surface area (Å²) in [5, 5.41) is 2.53. The molecule has 128 valence electrons. The first kappa shape index (κ1) is 17.5. The van der Waals surface area contributed by atoms with Gasteiger partial charge in [0.15, 0.2) is 0 Å². The fourth-order valence-corrected chi connectivity index (χ4v) is 4.72. The van der Waals surface area contributed by atoms with Gasteiger partial charge in [-0.25, -0.2) is 0 Å². The van der Waals surface area contributed by atoms with Crippen molar-refractivity contribution in [1.29, 1.82) is 0 Å². The van der Waals surface area contributed by atoms with Gasteiger partial charge >= 0.3 is 0 Å². The summed E-state index contributed by atoms with van der Waals surface area (Å²) in [5.41, 5.74) is 5.11. The van der Waals surface area contributed by atoms with E-state index in [0.717, 1.165) is 0 Å². The van der Waals surface area contributed by atoms with Crippen LogP contribution in [0.25, 0.3) is 10.8 Å². The summed E-state index contributed by atoms with van der Waals surface area (Å²) < 4.78 is 0. The van der Waals surface area contributed by atoms with Gasteiger partial charge in [0.25, 0.3) is 0 Å². The lowest BCUT2D eigenvalue weighted by Crippen LogP contribution is -2.02. The molecular weight excluding hydrogens is 448 g/mol. The Bertz CT molecular complexity index is 926. The number of fused-ring (bicyclic) bond motifs is 1. The Balaban J connectivity index is 1.89. The maximum Gasteiger partial charge on any atom is 0.0648 e. The molecule has 4 aromatic carbocycles. The zero-order valence-electron chi connectivity index (χ0n) is 14.1. The number of alkyl halides is 2. The molecule has 0 aromatic heterocycles. The average Bonchev–Trinajstić information content (AvgIpc) is 2.73. The molecule has 0 heterocycles. The van der Waals surface area contributed by atoms with Gasteiger partial charge < -0.3 is 0 Å². The molecule has 2 atom stereocenters. The van der Waals surface area contributed by atoms with Gasteiger partial charge in [0, 0.05) is 0 Å². The molecule has 2 unspecified atom stereocenters. The van der Waals surface area contributed by atoms with Crippen LogP contribution in [0.1, 0.15) is 31.9 Å². The average molecular weight is 466 g/mol. The first-order valence-corrected chi connectivity index (χ1v) is 10.5. The maximum absolute atomic E-state index is 3.95. The van der Waals surface area contributed by atoms with Crippen molar-refractivity contribution in [3.63, 3.8) is 0 Å². The third kappa shape index (κ3) is 3.49. The molecule has 0 saturated heterocycles. The molecule has 4 rings (SSSR count). The van der Waals surface area contributed by atoms with Crippen LogP contribution in [0, 0.1) is 0 Å². The van der Waals surface area contributed by atoms with E-state index in [9.17, 15) is 0 Å². The summed E-state index contributed by atoms with van der Waals surface area (Å²) in [5.74, 6) is 0. The van der Waals surface area contributed by atoms with Crippen LogP contribution >= 0.6 is 31.9 Å². The fraction of sp³-hybridized carbons (Fsp3) is 0.0833. The van der Waals surface area contributed by atoms with Gasteiger partial charge in [-0.15, -0.1) is 0 Å². The first-order chi connectivity index (χ1) is 12.7. The molecule has 0 bridgehead atoms. The lowest BCUT2D eigenvalue weighted by Gasteiger charge is -2.21. The topological polar surface area (TPSA) is 0 Å². The predicted molar refractivity (Wildman–Crippen MR) is 118 cm³/mol. The van der Waals surface area contributed by atoms with E-state index < -0.39 is 0 Å². The van der Waals surface area contributed by atoms with Crippen molar-refractivity contribution in [3.05, 3.63) is 119 Å². The third-order valence-electron chi connectivity index (χ3n) is 4.68. The second-order valence-electron chi connectivity index (χ2n) is 6.37. The lowest BCUT2D eigenvalue weighted by molar-refractivity contribution is 1.08. The molecule has 0 fully saturated rings. The Morgan fingerprint density at radius 3 is 1.19 bits per heavy atom. The normalized spacial score (nSPS) is 13.5. The molecule has 0 nitrogen and oxygen atoms in total. The third-order valence-corrected chi connectivity index (χ3v) is 6.73. The van der Waals surface area contributed by atoms with E-state index in [2.05, 4.69) is 129 Å². The number of rotatable bonds is 4. The van der Waals surface area contributed by atoms with Crippen molar-refractivity contribution in [3.8, 4) is 0 Å². The van der Waals surface area contributed by atoms with Gasteiger partial charge in [0.1, 0.15) is 0 Å². The minimum absolute atomic E-state index is 0.145. The van der Waals surface area contributed by atoms with Crippen LogP contribution in [0.3, 0.4) is 0 Å². The highest BCUT2D eigenvalue weighted by molar-refractivity contribution is 9.09. The standard InChI is InChI=1S/C24H18Br2/c25-23(17-9-3-1-4-10-17)21-15-19-13-7-8-14-20(19)16-22(21)24(26)18-11-5-2-6-12-18/h1-16,23-24H. The van der Waals surface area contributed by atoms with Crippen molar-refractivity contribution in [2.45, 2.75) is 9.65 Å². The van der Waals surface area contributed by atoms with E-state index in [1.54, 1.807) is 0 Å². The van der Waals surface area contributed by atoms with Crippen LogP contribution in [0.15, 0.2) is 97.1 Å². The summed E-state index contributed by atoms with van der Waals surface area (Å²) in [7, 11) is 0. The van der Waals surface area contributed by atoms with Gasteiger partial charge in [-0.2, -0.15) is 0 Å². The lowest BCUT2D eigenvalue weighted by atomic mass is 9.92. The number of hydrogen-bond donors (Lipinski definition) is 0. The van der Waals surface area contributed by atoms with Gasteiger partial charge in [-0.3, -0.25) is 0 Å². The van der Waals surface area contributed by atoms with Crippen LogP contribution in [0.2, 0.25) is 0 Å². The number of halogens is 2. The Morgan fingerprint density at radius 1 is 0.462 bits per heavy atom. The van der Waals surface area contributed by atoms with Gasteiger partial charge in [-0.05, 0) is 45.2 Å². The summed E-state index contributed by atoms with van der Waals surface area (Å²) in [4.78, 5) is 0.291. The van der Waals surface area contributed by atoms with Crippen LogP contribution in [0.4, 0.5) is 0 Å². The number of benzene rings is 4. The Hall–Kier alpha value is -1.90. The fourth-order valence-electron chi connectivity index (χ4n) is 3.32. The molecule has 0 aliphatic carbocycles. The minimum atomic E-state index is 0.145. The van der Waals surface area contributed by atoms with Gasteiger partial charge in [-0.1, -0.05) is 117 Å². The van der Waals surface area contributed by atoms with Crippen molar-refractivity contribution >= 4 is 42.6 Å². The molecule has 0 aliphatic heterocycles. The largest absolute Gasteiger partial charge is 0.0786 e. The Labute approximate surface area is 171 Å². The Morgan fingerprint density at radius 2 is 0.808 bits per heavy atom. The summed E-state index contributed by atoms with van der Waals surface area (Å²) in [6, 6.07) is 34.3. The molecule has 0 saturated carbocycles. The van der Waals surface area contributed by atoms with Gasteiger partial charge in [0.05, 0.1) is 9.65 Å². The predicted octanol–water partition coefficient (Wildman–Crippen LogP) is 7.81. The monoisotopic (exact) mass is 464 g/mol. The first-order valence-electron chi connectivity index (χ1n) is 8.64. The summed E-state index contributed by atoms with van der Waals surface area (Å²) in [6.07, 6.45) is 0. The molecule has 0 N–H and O–H groups in total. The molecule has 26 heavy (non-hydrogen) atoms. The van der Waals surface area contributed by atoms with E-state index in [-0.39, 0.29) is 9.65 Å². The molecule has 0 aliphatic rings. The van der Waals surface area contributed by atoms with E-state index >= 15 is 0 Å². The smallest absolute Gasteiger partial charge is 0.0648 e. The van der Waals surface area contributed by atoms with Crippen molar-refractivity contribution in [1.82, 2.24) is 0 Å². The van der Waals surface area contributed by atoms with Crippen LogP contribution in [-0.2, 0) is 0 Å². The molecule has 0 radical (unpaired) electrons. The highest BCUT2D eigenvalue weighted by Crippen LogP contribution is 2.42. The summed E-state index contributed by atoms with van der Waals surface area (Å²) in [6.45, 7) is 0. The molecule has 4 aromatic rings. The van der Waals surface area contributed by atoms with Gasteiger partial charge in [0.2, 0.25) is 0 Å². The SMILES string of the molecule is BrC(c1ccccc1)c1cc2ccccc2cc1C(Br)c1ccccc1. The second kappa shape index (κ2) is 7.77. The summed E-state index contributed by atoms with van der Waals surface area (Å²) >= 11 is 7.90. The van der Waals surface area contributed by atoms with Crippen molar-refractivity contribution in [2.24, 2.45) is 0 Å². The van der Waals surface area contributed by atoms with Crippen molar-refractivity contribution in [2.75, 3.05) is 0 Å². The quantitative estimate of drug-likeness (QED) is 0.269. The Kier molecular flexibility index (Phi) is 5.23. The minimum Gasteiger partial charge on any atom is -0.0786 e. The molecule has 2 heteroatoms. The van der Waals surface area contributed by atoms with Crippen LogP contribution in [0.5, 0.6) is 0 Å². The maximum atomic E-state index is 3.95. The second-order valence-corrected chi connectivity index (χ2v) is 8.21. The van der Waals surface area contributed by atoms with E-state index in [1.807, 2.05) is 0 Å². The van der Waals surface area contributed by atoms with Crippen LogP contribution < -0.4 is 0 Å². The highest BCUT2D eigenvalue weighted by atomic mass is 79.9. The van der Waals surface area contributed by atoms with Crippen LogP contribution in [-0.4, -0.2) is 0 Å². The number of hydrogen-bond acceptors (Lipinski definition) is 0. The van der Waals surface area contributed by atoms with Crippen molar-refractivity contribution < 1.29 is 0 Å². The molecular formula is C24H18Br2. The highest BCUT2D eigenvalue weighted by Gasteiger charge is 2.21. The molecule has 0 spiro atoms. The van der Waals surface area contributed by atoms with E-state index in [0.29, 0.717) is 0 Å². The zero-order chi connectivity index (χ0) is 17.9. The zero-order valence-corrected chi connectivity index (χ0v) is 17.3. The van der Waals surface area contributed by atoms with E-state index in [4.69, 9.17) is 0 Å². The molecule has 0 amide bonds.